The maximum Gasteiger partial charge on any atom is 0.251 e. The van der Waals surface area contributed by atoms with Gasteiger partial charge in [0.1, 0.15) is 5.82 Å². The molecule has 2 aromatic carbocycles. The number of hydrogen-bond acceptors (Lipinski definition) is 4. The van der Waals surface area contributed by atoms with E-state index in [0.29, 0.717) is 17.1 Å². The molecule has 0 bridgehead atoms. The quantitative estimate of drug-likeness (QED) is 0.717. The van der Waals surface area contributed by atoms with Gasteiger partial charge in [-0.05, 0) is 51.1 Å². The molecule has 142 valence electrons. The molecule has 0 radical (unpaired) electrons. The maximum atomic E-state index is 12.3. The zero-order valence-corrected chi connectivity index (χ0v) is 16.1. The van der Waals surface area contributed by atoms with Gasteiger partial charge in [0.15, 0.2) is 0 Å². The highest BCUT2D eigenvalue weighted by Gasteiger charge is 2.10. The number of carbonyl (C=O) groups excluding carboxylic acids is 2. The zero-order chi connectivity index (χ0) is 20.1. The highest BCUT2D eigenvalue weighted by molar-refractivity contribution is 5.99. The number of carbonyl (C=O) groups is 2. The van der Waals surface area contributed by atoms with Gasteiger partial charge in [0.2, 0.25) is 5.91 Å². The molecule has 0 spiro atoms. The van der Waals surface area contributed by atoms with Gasteiger partial charge in [-0.1, -0.05) is 29.3 Å². The number of nitrogens with zero attached hydrogens (tertiary/aromatic N) is 2. The van der Waals surface area contributed by atoms with E-state index in [4.69, 9.17) is 0 Å². The van der Waals surface area contributed by atoms with Crippen LogP contribution in [0.3, 0.4) is 0 Å². The van der Waals surface area contributed by atoms with Gasteiger partial charge in [-0.2, -0.15) is 0 Å². The molecule has 6 nitrogen and oxygen atoms in total. The molecule has 2 amide bonds. The minimum atomic E-state index is -0.297. The van der Waals surface area contributed by atoms with Gasteiger partial charge in [0.05, 0.1) is 12.2 Å². The first-order valence-electron chi connectivity index (χ1n) is 8.97. The van der Waals surface area contributed by atoms with Crippen LogP contribution in [0.4, 0.5) is 5.69 Å². The van der Waals surface area contributed by atoms with Crippen LogP contribution in [0.5, 0.6) is 0 Å². The number of nitrogens with one attached hydrogen (secondary N) is 2. The lowest BCUT2D eigenvalue weighted by Crippen LogP contribution is -2.32. The van der Waals surface area contributed by atoms with Crippen molar-refractivity contribution in [3.8, 4) is 11.3 Å². The summed E-state index contributed by atoms with van der Waals surface area (Å²) in [6.07, 6.45) is 1.70. The average molecular weight is 374 g/mol. The molecule has 0 aliphatic carbocycles. The Balaban J connectivity index is 1.62. The van der Waals surface area contributed by atoms with Crippen molar-refractivity contribution in [2.75, 3.05) is 11.9 Å². The molecule has 0 atom stereocenters. The summed E-state index contributed by atoms with van der Waals surface area (Å²) in [6.45, 7) is 5.58. The van der Waals surface area contributed by atoms with Crippen molar-refractivity contribution in [1.29, 1.82) is 0 Å². The third kappa shape index (κ3) is 5.01. The van der Waals surface area contributed by atoms with Crippen LogP contribution in [0.2, 0.25) is 0 Å². The van der Waals surface area contributed by atoms with Crippen molar-refractivity contribution in [3.63, 3.8) is 0 Å². The van der Waals surface area contributed by atoms with Crippen molar-refractivity contribution >= 4 is 17.5 Å². The fourth-order valence-corrected chi connectivity index (χ4v) is 2.95. The van der Waals surface area contributed by atoms with Crippen molar-refractivity contribution in [3.05, 3.63) is 77.2 Å². The van der Waals surface area contributed by atoms with Crippen molar-refractivity contribution in [2.45, 2.75) is 20.8 Å². The van der Waals surface area contributed by atoms with Crippen molar-refractivity contribution in [1.82, 2.24) is 15.3 Å². The summed E-state index contributed by atoms with van der Waals surface area (Å²) in [5, 5.41) is 5.45. The molecule has 3 rings (SSSR count). The summed E-state index contributed by atoms with van der Waals surface area (Å²) < 4.78 is 0. The lowest BCUT2D eigenvalue weighted by molar-refractivity contribution is -0.115. The Labute approximate surface area is 164 Å². The molecule has 6 heteroatoms. The van der Waals surface area contributed by atoms with Gasteiger partial charge in [0, 0.05) is 23.0 Å². The summed E-state index contributed by atoms with van der Waals surface area (Å²) >= 11 is 0. The predicted octanol–water partition coefficient (Wildman–Crippen LogP) is 3.44. The number of amides is 2. The third-order valence-electron chi connectivity index (χ3n) is 4.11. The Morgan fingerprint density at radius 2 is 1.71 bits per heavy atom. The first kappa shape index (κ1) is 19.2. The summed E-state index contributed by atoms with van der Waals surface area (Å²) in [6, 6.07) is 14.8. The predicted molar refractivity (Wildman–Crippen MR) is 109 cm³/mol. The Bertz CT molecular complexity index is 1010. The molecule has 0 saturated carbocycles. The lowest BCUT2D eigenvalue weighted by atomic mass is 10.1. The van der Waals surface area contributed by atoms with Gasteiger partial charge in [-0.15, -0.1) is 0 Å². The molecular weight excluding hydrogens is 352 g/mol. The molecular formula is C22H22N4O2. The van der Waals surface area contributed by atoms with Crippen LogP contribution in [0.1, 0.15) is 27.3 Å². The second-order valence-electron chi connectivity index (χ2n) is 6.68. The monoisotopic (exact) mass is 374 g/mol. The van der Waals surface area contributed by atoms with E-state index in [1.807, 2.05) is 51.1 Å². The van der Waals surface area contributed by atoms with E-state index >= 15 is 0 Å². The highest BCUT2D eigenvalue weighted by atomic mass is 16.2. The molecule has 3 aromatic rings. The normalized spacial score (nSPS) is 10.4. The fraction of sp³-hybridized carbons (Fsp3) is 0.182. The van der Waals surface area contributed by atoms with E-state index in [1.54, 1.807) is 24.4 Å². The average Bonchev–Trinajstić information content (AvgIpc) is 2.65. The second kappa shape index (κ2) is 8.43. The molecule has 0 aliphatic rings. The molecule has 0 saturated heterocycles. The number of benzene rings is 2. The minimum Gasteiger partial charge on any atom is -0.343 e. The van der Waals surface area contributed by atoms with E-state index in [9.17, 15) is 9.59 Å². The molecule has 28 heavy (non-hydrogen) atoms. The lowest BCUT2D eigenvalue weighted by Gasteiger charge is -2.09. The zero-order valence-electron chi connectivity index (χ0n) is 16.1. The number of aryl methyl sites for hydroxylation is 3. The van der Waals surface area contributed by atoms with Crippen molar-refractivity contribution in [2.24, 2.45) is 0 Å². The molecule has 1 aromatic heterocycles. The Kier molecular flexibility index (Phi) is 5.79. The Hall–Kier alpha value is -3.54. The number of aromatic nitrogens is 2. The molecule has 0 aliphatic heterocycles. The van der Waals surface area contributed by atoms with Gasteiger partial charge < -0.3 is 10.6 Å². The molecule has 0 fully saturated rings. The van der Waals surface area contributed by atoms with Crippen LogP contribution < -0.4 is 10.6 Å². The SMILES string of the molecule is Cc1cc(C)cc(C(=O)NCC(=O)Nc2cccc(-c3ccnc(C)n3)c2)c1. The van der Waals surface area contributed by atoms with E-state index in [1.165, 1.54) is 0 Å². The first-order chi connectivity index (χ1) is 13.4. The summed E-state index contributed by atoms with van der Waals surface area (Å²) in [5.74, 6) is 0.113. The largest absolute Gasteiger partial charge is 0.343 e. The van der Waals surface area contributed by atoms with Crippen LogP contribution in [0.25, 0.3) is 11.3 Å². The van der Waals surface area contributed by atoms with Crippen LogP contribution in [-0.2, 0) is 4.79 Å². The number of anilines is 1. The van der Waals surface area contributed by atoms with Crippen molar-refractivity contribution < 1.29 is 9.59 Å². The first-order valence-corrected chi connectivity index (χ1v) is 8.97. The fourth-order valence-electron chi connectivity index (χ4n) is 2.95. The molecule has 1 heterocycles. The second-order valence-corrected chi connectivity index (χ2v) is 6.68. The third-order valence-corrected chi connectivity index (χ3v) is 4.11. The van der Waals surface area contributed by atoms with Gasteiger partial charge >= 0.3 is 0 Å². The van der Waals surface area contributed by atoms with E-state index in [2.05, 4.69) is 20.6 Å². The van der Waals surface area contributed by atoms with Gasteiger partial charge in [-0.25, -0.2) is 9.97 Å². The smallest absolute Gasteiger partial charge is 0.251 e. The van der Waals surface area contributed by atoms with Crippen LogP contribution >= 0.6 is 0 Å². The van der Waals surface area contributed by atoms with Gasteiger partial charge in [-0.3, -0.25) is 9.59 Å². The number of rotatable bonds is 5. The Morgan fingerprint density at radius 1 is 0.964 bits per heavy atom. The highest BCUT2D eigenvalue weighted by Crippen LogP contribution is 2.20. The standard InChI is InChI=1S/C22H22N4O2/c1-14-9-15(2)11-18(10-14)22(28)24-13-21(27)26-19-6-4-5-17(12-19)20-7-8-23-16(3)25-20/h4-12H,13H2,1-3H3,(H,24,28)(H,26,27). The molecule has 2 N–H and O–H groups in total. The van der Waals surface area contributed by atoms with Crippen LogP contribution in [0.15, 0.2) is 54.7 Å². The van der Waals surface area contributed by atoms with E-state index in [0.717, 1.165) is 22.4 Å². The topological polar surface area (TPSA) is 84.0 Å². The maximum absolute atomic E-state index is 12.3. The Morgan fingerprint density at radius 3 is 2.43 bits per heavy atom. The van der Waals surface area contributed by atoms with Gasteiger partial charge in [0.25, 0.3) is 5.91 Å². The van der Waals surface area contributed by atoms with E-state index in [-0.39, 0.29) is 18.4 Å². The summed E-state index contributed by atoms with van der Waals surface area (Å²) in [5.41, 5.74) is 4.86. The minimum absolute atomic E-state index is 0.108. The number of hydrogen-bond donors (Lipinski definition) is 2. The molecule has 0 unspecified atom stereocenters. The van der Waals surface area contributed by atoms with E-state index < -0.39 is 0 Å². The van der Waals surface area contributed by atoms with Crippen LogP contribution in [-0.4, -0.2) is 28.3 Å². The van der Waals surface area contributed by atoms with Crippen LogP contribution in [0, 0.1) is 20.8 Å². The summed E-state index contributed by atoms with van der Waals surface area (Å²) in [7, 11) is 0. The summed E-state index contributed by atoms with van der Waals surface area (Å²) in [4.78, 5) is 33.0.